The molecule has 0 heterocycles. The average Bonchev–Trinajstić information content (AvgIpc) is 3.26. The molecule has 0 N–H and O–H groups in total. The summed E-state index contributed by atoms with van der Waals surface area (Å²) in [6.07, 6.45) is 10.4. The van der Waals surface area contributed by atoms with Gasteiger partial charge in [-0.1, -0.05) is 208 Å². The molecule has 0 aliphatic heterocycles. The highest BCUT2D eigenvalue weighted by atomic mass is 31.2. The summed E-state index contributed by atoms with van der Waals surface area (Å²) in [5, 5.41) is 8.74. The molecule has 6 aromatic carbocycles. The second kappa shape index (κ2) is 18.4. The van der Waals surface area contributed by atoms with Gasteiger partial charge in [0.25, 0.3) is 0 Å². The topological polar surface area (TPSA) is 6.48 Å². The number of rotatable bonds is 12. The zero-order valence-electron chi connectivity index (χ0n) is 31.5. The van der Waals surface area contributed by atoms with Gasteiger partial charge in [0.05, 0.1) is 0 Å². The molecular weight excluding hydrogens is 709 g/mol. The first kappa shape index (κ1) is 37.5. The summed E-state index contributed by atoms with van der Waals surface area (Å²) in [7, 11) is 0.158. The Bertz CT molecular complexity index is 1780. The molecule has 0 radical (unpaired) electrons. The van der Waals surface area contributed by atoms with Gasteiger partial charge in [-0.05, 0) is 76.4 Å². The molecule has 2 saturated carbocycles. The quantitative estimate of drug-likeness (QED) is 0.115. The molecule has 0 bridgehead atoms. The van der Waals surface area contributed by atoms with E-state index in [0.29, 0.717) is 23.9 Å². The van der Waals surface area contributed by atoms with E-state index in [1.807, 2.05) is 0 Å². The van der Waals surface area contributed by atoms with E-state index in [1.165, 1.54) is 83.2 Å². The van der Waals surface area contributed by atoms with Crippen LogP contribution in [0.3, 0.4) is 0 Å². The van der Waals surface area contributed by atoms with Crippen LogP contribution in [0.4, 0.5) is 0 Å². The van der Waals surface area contributed by atoms with E-state index in [9.17, 15) is 0 Å². The van der Waals surface area contributed by atoms with E-state index in [1.54, 1.807) is 0 Å². The van der Waals surface area contributed by atoms with Crippen molar-refractivity contribution in [3.05, 3.63) is 182 Å². The van der Waals surface area contributed by atoms with Crippen molar-refractivity contribution >= 4 is 56.0 Å². The lowest BCUT2D eigenvalue weighted by molar-refractivity contribution is 0.0856. The van der Waals surface area contributed by atoms with Crippen LogP contribution in [-0.2, 0) is 0 Å². The van der Waals surface area contributed by atoms with E-state index < -0.39 is 24.2 Å². The van der Waals surface area contributed by atoms with E-state index in [0.717, 1.165) is 0 Å². The highest BCUT2D eigenvalue weighted by Gasteiger charge is 2.46. The van der Waals surface area contributed by atoms with Crippen LogP contribution in [0, 0.1) is 11.8 Å². The molecule has 2 aliphatic rings. The van der Waals surface area contributed by atoms with Crippen LogP contribution in [0.1, 0.15) is 51.4 Å². The molecule has 0 saturated heterocycles. The summed E-state index contributed by atoms with van der Waals surface area (Å²) in [4.78, 5) is 0. The van der Waals surface area contributed by atoms with Crippen LogP contribution >= 0.6 is 24.2 Å². The lowest BCUT2D eigenvalue weighted by Crippen LogP contribution is -2.51. The smallest absolute Gasteiger partial charge is 0.0325 e. The largest absolute Gasteiger partial charge is 0.275 e. The van der Waals surface area contributed by atoms with Gasteiger partial charge in [0, 0.05) is 36.3 Å². The van der Waals surface area contributed by atoms with Crippen molar-refractivity contribution in [3.8, 4) is 0 Å². The zero-order chi connectivity index (χ0) is 36.5. The molecule has 0 aromatic heterocycles. The molecule has 2 fully saturated rings. The van der Waals surface area contributed by atoms with E-state index in [4.69, 9.17) is 0 Å². The van der Waals surface area contributed by atoms with Crippen LogP contribution in [0.5, 0.6) is 0 Å². The predicted molar refractivity (Wildman–Crippen MR) is 238 cm³/mol. The Labute approximate surface area is 328 Å². The summed E-state index contributed by atoms with van der Waals surface area (Å²) < 4.78 is 6.01. The van der Waals surface area contributed by atoms with Crippen LogP contribution in [0.25, 0.3) is 0 Å². The molecule has 8 rings (SSSR count). The third-order valence-corrected chi connectivity index (χ3v) is 19.8. The van der Waals surface area contributed by atoms with Crippen molar-refractivity contribution in [2.75, 3.05) is 7.05 Å². The normalized spacial score (nSPS) is 20.6. The maximum absolute atomic E-state index is 3.15. The summed E-state index contributed by atoms with van der Waals surface area (Å²) in [6, 6.07) is 69.9. The molecule has 0 amide bonds. The monoisotopic (exact) mass is 762 g/mol. The van der Waals surface area contributed by atoms with Gasteiger partial charge in [-0.25, -0.2) is 4.44 Å². The standard InChI is InChI=1S/C49H53N2P3/c1-50(52(40-24-8-2-9-25-40)41-26-10-3-11-27-41)48-38-22-20-36-46(48)47-37-21-23-39-49(47)51(53(42-28-12-4-13-29-42)43-30-14-5-15-31-43)54(44-32-16-6-17-33-44)45-34-18-7-19-35-45/h2-19,24-35,46-49H,20-23,36-39H2,1H3. The van der Waals surface area contributed by atoms with Gasteiger partial charge in [-0.15, -0.1) is 0 Å². The number of hydrogen-bond acceptors (Lipinski definition) is 2. The van der Waals surface area contributed by atoms with E-state index in [-0.39, 0.29) is 0 Å². The van der Waals surface area contributed by atoms with Crippen molar-refractivity contribution in [1.82, 2.24) is 9.11 Å². The molecule has 5 heteroatoms. The fourth-order valence-corrected chi connectivity index (χ4v) is 18.3. The van der Waals surface area contributed by atoms with Crippen molar-refractivity contribution < 1.29 is 0 Å². The van der Waals surface area contributed by atoms with Gasteiger partial charge < -0.3 is 0 Å². The molecule has 6 aromatic rings. The summed E-state index contributed by atoms with van der Waals surface area (Å²) in [5.74, 6) is 1.26. The molecule has 0 spiro atoms. The Kier molecular flexibility index (Phi) is 12.8. The first-order valence-electron chi connectivity index (χ1n) is 20.0. The minimum atomic E-state index is -0.833. The third-order valence-electron chi connectivity index (χ3n) is 11.6. The van der Waals surface area contributed by atoms with E-state index in [2.05, 4.69) is 198 Å². The highest BCUT2D eigenvalue weighted by Crippen LogP contribution is 2.60. The average molecular weight is 763 g/mol. The maximum Gasteiger partial charge on any atom is 0.0325 e. The minimum Gasteiger partial charge on any atom is -0.275 e. The minimum absolute atomic E-state index is 0.468. The zero-order valence-corrected chi connectivity index (χ0v) is 34.2. The second-order valence-electron chi connectivity index (χ2n) is 14.9. The van der Waals surface area contributed by atoms with Crippen molar-refractivity contribution in [2.24, 2.45) is 11.8 Å². The van der Waals surface area contributed by atoms with Gasteiger partial charge >= 0.3 is 0 Å². The Morgan fingerprint density at radius 3 is 0.926 bits per heavy atom. The van der Waals surface area contributed by atoms with E-state index >= 15 is 0 Å². The van der Waals surface area contributed by atoms with Gasteiger partial charge in [-0.3, -0.25) is 4.67 Å². The van der Waals surface area contributed by atoms with Crippen molar-refractivity contribution in [1.29, 1.82) is 0 Å². The lowest BCUT2D eigenvalue weighted by Gasteiger charge is -2.53. The highest BCUT2D eigenvalue weighted by molar-refractivity contribution is 7.84. The molecule has 274 valence electrons. The van der Waals surface area contributed by atoms with Crippen molar-refractivity contribution in [3.63, 3.8) is 0 Å². The molecule has 2 nitrogen and oxygen atoms in total. The number of hydrogen-bond donors (Lipinski definition) is 0. The maximum atomic E-state index is 3.15. The third kappa shape index (κ3) is 8.36. The van der Waals surface area contributed by atoms with Gasteiger partial charge in [0.2, 0.25) is 0 Å². The van der Waals surface area contributed by atoms with Crippen molar-refractivity contribution in [2.45, 2.75) is 63.5 Å². The Morgan fingerprint density at radius 2 is 0.593 bits per heavy atom. The fourth-order valence-electron chi connectivity index (χ4n) is 9.26. The Hall–Kier alpha value is -3.47. The molecule has 4 atom stereocenters. The van der Waals surface area contributed by atoms with Gasteiger partial charge in [-0.2, -0.15) is 0 Å². The van der Waals surface area contributed by atoms with Crippen LogP contribution in [0.2, 0.25) is 0 Å². The summed E-state index contributed by atoms with van der Waals surface area (Å²) in [5.41, 5.74) is 0. The first-order valence-corrected chi connectivity index (χ1v) is 23.9. The molecule has 54 heavy (non-hydrogen) atoms. The number of nitrogens with zero attached hydrogens (tertiary/aromatic N) is 2. The van der Waals surface area contributed by atoms with Gasteiger partial charge in [0.15, 0.2) is 0 Å². The molecule has 2 aliphatic carbocycles. The fraction of sp³-hybridized carbons (Fsp3) is 0.265. The van der Waals surface area contributed by atoms with Crippen LogP contribution in [-0.4, -0.2) is 28.2 Å². The number of benzene rings is 6. The molecular formula is C49H53N2P3. The SMILES string of the molecule is CN(C1CCCCC1C1CCCCC1N(P(c1ccccc1)c1ccccc1)P(c1ccccc1)c1ccccc1)P(c1ccccc1)c1ccccc1. The second-order valence-corrected chi connectivity index (χ2v) is 21.7. The summed E-state index contributed by atoms with van der Waals surface area (Å²) in [6.45, 7) is 0. The lowest BCUT2D eigenvalue weighted by atomic mass is 9.69. The first-order chi connectivity index (χ1) is 26.8. The van der Waals surface area contributed by atoms with Crippen LogP contribution in [0.15, 0.2) is 182 Å². The predicted octanol–water partition coefficient (Wildman–Crippen LogP) is 10.5. The van der Waals surface area contributed by atoms with Gasteiger partial charge in [0.1, 0.15) is 0 Å². The Balaban J connectivity index is 1.28. The molecule has 4 unspecified atom stereocenters. The van der Waals surface area contributed by atoms with Crippen LogP contribution < -0.4 is 31.8 Å². The summed E-state index contributed by atoms with van der Waals surface area (Å²) >= 11 is 0. The Morgan fingerprint density at radius 1 is 0.333 bits per heavy atom.